The predicted octanol–water partition coefficient (Wildman–Crippen LogP) is 4.77. The van der Waals surface area contributed by atoms with E-state index in [1.165, 1.54) is 18.9 Å². The molecule has 1 aliphatic carbocycles. The van der Waals surface area contributed by atoms with Gasteiger partial charge in [0.15, 0.2) is 5.65 Å². The molecule has 204 valence electrons. The van der Waals surface area contributed by atoms with E-state index in [1.54, 1.807) is 10.8 Å². The summed E-state index contributed by atoms with van der Waals surface area (Å²) in [6.07, 6.45) is 10.1. The summed E-state index contributed by atoms with van der Waals surface area (Å²) in [7, 11) is 0.263. The molecular formula is C29H40N5O3S+. The van der Waals surface area contributed by atoms with Gasteiger partial charge in [-0.25, -0.2) is 17.7 Å². The van der Waals surface area contributed by atoms with Crippen LogP contribution >= 0.6 is 0 Å². The molecule has 1 aliphatic rings. The van der Waals surface area contributed by atoms with Gasteiger partial charge < -0.3 is 0 Å². The Labute approximate surface area is 226 Å². The van der Waals surface area contributed by atoms with Crippen molar-refractivity contribution in [2.24, 2.45) is 17.8 Å². The molecule has 1 N–H and O–H groups in total. The Morgan fingerprint density at radius 1 is 1.11 bits per heavy atom. The lowest BCUT2D eigenvalue weighted by molar-refractivity contribution is -0.405. The molecule has 9 heteroatoms. The van der Waals surface area contributed by atoms with Gasteiger partial charge in [0.1, 0.15) is 5.39 Å². The lowest BCUT2D eigenvalue weighted by atomic mass is 9.83. The monoisotopic (exact) mass is 538 g/mol. The third-order valence-corrected chi connectivity index (χ3v) is 9.15. The molecule has 0 aliphatic heterocycles. The number of aromatic nitrogens is 3. The van der Waals surface area contributed by atoms with Gasteiger partial charge in [0.2, 0.25) is 22.3 Å². The Morgan fingerprint density at radius 3 is 2.42 bits per heavy atom. The van der Waals surface area contributed by atoms with Gasteiger partial charge in [-0.15, -0.1) is 0 Å². The molecule has 0 saturated heterocycles. The van der Waals surface area contributed by atoms with Crippen molar-refractivity contribution in [3.63, 3.8) is 0 Å². The molecule has 3 aromatic rings. The second-order valence-electron chi connectivity index (χ2n) is 11.0. The van der Waals surface area contributed by atoms with Gasteiger partial charge in [0.05, 0.1) is 24.9 Å². The second-order valence-corrected chi connectivity index (χ2v) is 13.0. The topological polar surface area (TPSA) is 97.0 Å². The van der Waals surface area contributed by atoms with Crippen molar-refractivity contribution in [3.05, 3.63) is 54.0 Å². The Balaban J connectivity index is 1.49. The molecule has 0 amide bonds. The zero-order valence-corrected chi connectivity index (χ0v) is 23.9. The van der Waals surface area contributed by atoms with Gasteiger partial charge in [-0.2, -0.15) is 4.98 Å². The van der Waals surface area contributed by atoms with E-state index in [9.17, 15) is 13.2 Å². The van der Waals surface area contributed by atoms with Crippen molar-refractivity contribution in [1.82, 2.24) is 19.3 Å². The summed E-state index contributed by atoms with van der Waals surface area (Å²) < 4.78 is 29.9. The molecule has 1 saturated carbocycles. The van der Waals surface area contributed by atoms with Crippen molar-refractivity contribution in [3.8, 4) is 0 Å². The van der Waals surface area contributed by atoms with E-state index >= 15 is 0 Å². The molecule has 2 heterocycles. The van der Waals surface area contributed by atoms with Crippen molar-refractivity contribution < 1.29 is 17.8 Å². The zero-order chi connectivity index (χ0) is 27.4. The largest absolute Gasteiger partial charge is 0.335 e. The van der Waals surface area contributed by atoms with E-state index in [1.807, 2.05) is 24.6 Å². The lowest BCUT2D eigenvalue weighted by Crippen LogP contribution is -2.29. The third-order valence-electron chi connectivity index (χ3n) is 7.62. The van der Waals surface area contributed by atoms with Crippen LogP contribution in [0.2, 0.25) is 0 Å². The Morgan fingerprint density at radius 2 is 1.79 bits per heavy atom. The van der Waals surface area contributed by atoms with Crippen LogP contribution in [0.3, 0.4) is 0 Å². The Kier molecular flexibility index (Phi) is 8.78. The molecule has 0 spiro atoms. The molecule has 1 atom stereocenters. The van der Waals surface area contributed by atoms with Gasteiger partial charge >= 0.3 is 5.82 Å². The number of nitrogens with zero attached hydrogens (tertiary/aromatic N) is 4. The van der Waals surface area contributed by atoms with Gasteiger partial charge in [0.25, 0.3) is 0 Å². The standard InChI is InChI=1S/C29H40N5O3S/c1-20(2)16-22-10-12-25(13-11-22)21(3)29(35)34-15-14-26-27(31-19-32-28(26)34)33(5)17-23-6-8-24(9-7-23)18-38(36,37)30-4/h10-15,17,19-21,23-24,30H,6-9,16,18H2,1-5H3/q+1/b33-17-. The van der Waals surface area contributed by atoms with E-state index in [0.717, 1.165) is 48.9 Å². The molecule has 8 nitrogen and oxygen atoms in total. The summed E-state index contributed by atoms with van der Waals surface area (Å²) in [5.41, 5.74) is 2.87. The van der Waals surface area contributed by atoms with Crippen LogP contribution in [0, 0.1) is 17.8 Å². The summed E-state index contributed by atoms with van der Waals surface area (Å²) in [6.45, 7) is 6.34. The fourth-order valence-corrected chi connectivity index (χ4v) is 6.57. The highest BCUT2D eigenvalue weighted by molar-refractivity contribution is 7.89. The van der Waals surface area contributed by atoms with E-state index in [0.29, 0.717) is 17.5 Å². The number of benzene rings is 1. The van der Waals surface area contributed by atoms with Crippen LogP contribution < -0.4 is 4.72 Å². The average Bonchev–Trinajstić information content (AvgIpc) is 3.33. The zero-order valence-electron chi connectivity index (χ0n) is 23.1. The first-order valence-electron chi connectivity index (χ1n) is 13.5. The van der Waals surface area contributed by atoms with Crippen molar-refractivity contribution >= 4 is 39.0 Å². The van der Waals surface area contributed by atoms with E-state index in [2.05, 4.69) is 59.0 Å². The highest BCUT2D eigenvalue weighted by Crippen LogP contribution is 2.30. The maximum absolute atomic E-state index is 13.5. The fraction of sp³-hybridized carbons (Fsp3) is 0.517. The molecular weight excluding hydrogens is 498 g/mol. The van der Waals surface area contributed by atoms with Crippen molar-refractivity contribution in [2.75, 3.05) is 19.8 Å². The molecule has 38 heavy (non-hydrogen) atoms. The quantitative estimate of drug-likeness (QED) is 0.313. The molecule has 1 fully saturated rings. The molecule has 4 rings (SSSR count). The fourth-order valence-electron chi connectivity index (χ4n) is 5.45. The summed E-state index contributed by atoms with van der Waals surface area (Å²) >= 11 is 0. The summed E-state index contributed by atoms with van der Waals surface area (Å²) in [5.74, 6) is 1.76. The predicted molar refractivity (Wildman–Crippen MR) is 152 cm³/mol. The highest BCUT2D eigenvalue weighted by Gasteiger charge is 2.27. The Bertz CT molecular complexity index is 1400. The number of fused-ring (bicyclic) bond motifs is 1. The first-order chi connectivity index (χ1) is 18.1. The number of rotatable bonds is 9. The normalized spacial score (nSPS) is 19.7. The summed E-state index contributed by atoms with van der Waals surface area (Å²) in [6, 6.07) is 10.2. The number of nitrogens with one attached hydrogen (secondary N) is 1. The van der Waals surface area contributed by atoms with Crippen LogP contribution in [-0.4, -0.2) is 59.5 Å². The maximum atomic E-state index is 13.5. The smallest absolute Gasteiger partial charge is 0.273 e. The minimum Gasteiger partial charge on any atom is -0.273 e. The highest BCUT2D eigenvalue weighted by atomic mass is 32.2. The van der Waals surface area contributed by atoms with Gasteiger partial charge in [0, 0.05) is 12.1 Å². The number of carbonyl (C=O) groups excluding carboxylic acids is 1. The van der Waals surface area contributed by atoms with Gasteiger partial charge in [-0.1, -0.05) is 38.1 Å². The lowest BCUT2D eigenvalue weighted by Gasteiger charge is -2.25. The number of hydrogen-bond acceptors (Lipinski definition) is 5. The van der Waals surface area contributed by atoms with Crippen LogP contribution in [0.15, 0.2) is 42.9 Å². The molecule has 2 aromatic heterocycles. The average molecular weight is 539 g/mol. The minimum absolute atomic E-state index is 0.0252. The van der Waals surface area contributed by atoms with Crippen LogP contribution in [0.25, 0.3) is 11.0 Å². The molecule has 0 bridgehead atoms. The first-order valence-corrected chi connectivity index (χ1v) is 15.2. The third kappa shape index (κ3) is 6.56. The second kappa shape index (κ2) is 11.9. The van der Waals surface area contributed by atoms with Crippen LogP contribution in [0.1, 0.15) is 68.3 Å². The summed E-state index contributed by atoms with van der Waals surface area (Å²) in [5, 5.41) is 0.827. The van der Waals surface area contributed by atoms with Crippen molar-refractivity contribution in [2.45, 2.75) is 58.8 Å². The van der Waals surface area contributed by atoms with E-state index in [4.69, 9.17) is 0 Å². The number of sulfonamides is 1. The molecule has 1 unspecified atom stereocenters. The minimum atomic E-state index is -3.18. The van der Waals surface area contributed by atoms with Crippen LogP contribution in [-0.2, 0) is 16.4 Å². The van der Waals surface area contributed by atoms with E-state index < -0.39 is 10.0 Å². The first kappa shape index (κ1) is 28.1. The van der Waals surface area contributed by atoms with Crippen LogP contribution in [0.4, 0.5) is 5.82 Å². The summed E-state index contributed by atoms with van der Waals surface area (Å²) in [4.78, 5) is 22.4. The Hall–Kier alpha value is -2.91. The molecule has 1 aromatic carbocycles. The SMILES string of the molecule is CNS(=O)(=O)CC1CCC(/C=[N+](/C)c2ncnc3c2ccn3C(=O)C(C)c2ccc(CC(C)C)cc2)CC1. The number of carbonyl (C=O) groups is 1. The van der Waals surface area contributed by atoms with Gasteiger partial charge in [-0.05, 0) is 80.1 Å². The maximum Gasteiger partial charge on any atom is 0.335 e. The van der Waals surface area contributed by atoms with Crippen molar-refractivity contribution in [1.29, 1.82) is 0 Å². The van der Waals surface area contributed by atoms with Gasteiger partial charge in [-0.3, -0.25) is 9.36 Å². The van der Waals surface area contributed by atoms with Crippen LogP contribution in [0.5, 0.6) is 0 Å². The molecule has 0 radical (unpaired) electrons. The number of hydrogen-bond donors (Lipinski definition) is 1. The van der Waals surface area contributed by atoms with E-state index in [-0.39, 0.29) is 23.5 Å².